The molecule has 0 saturated carbocycles. The number of nitrogens with one attached hydrogen (secondary N) is 1. The van der Waals surface area contributed by atoms with E-state index in [0.717, 1.165) is 42.5 Å². The number of carbonyl (C=O) groups excluding carboxylic acids is 3. The SMILES string of the molecule is CCCCCc1ccc(C(=O)[C@@H]2[C@H](C(=O)OCC)N3c4ccccc4C=C[C@H]3[C@@]23C(=O)Nc2ccccc23)cc1. The van der Waals surface area contributed by atoms with Crippen molar-refractivity contribution < 1.29 is 19.1 Å². The van der Waals surface area contributed by atoms with Crippen LogP contribution in [-0.2, 0) is 26.2 Å². The zero-order chi connectivity index (χ0) is 27.9. The van der Waals surface area contributed by atoms with Crippen LogP contribution in [0.4, 0.5) is 11.4 Å². The van der Waals surface area contributed by atoms with Crippen molar-refractivity contribution in [1.82, 2.24) is 0 Å². The molecular formula is C34H34N2O4. The first-order valence-corrected chi connectivity index (χ1v) is 14.3. The topological polar surface area (TPSA) is 75.7 Å². The number of Topliss-reactive ketones (excluding diaryl/α,β-unsaturated/α-hetero) is 1. The first-order valence-electron chi connectivity index (χ1n) is 14.3. The molecule has 0 radical (unpaired) electrons. The Morgan fingerprint density at radius 1 is 0.950 bits per heavy atom. The van der Waals surface area contributed by atoms with Crippen molar-refractivity contribution in [3.63, 3.8) is 0 Å². The molecule has 3 heterocycles. The second-order valence-corrected chi connectivity index (χ2v) is 10.8. The molecule has 204 valence electrons. The molecule has 6 heteroatoms. The van der Waals surface area contributed by atoms with Crippen molar-refractivity contribution in [3.8, 4) is 0 Å². The van der Waals surface area contributed by atoms with Gasteiger partial charge in [0, 0.05) is 16.9 Å². The summed E-state index contributed by atoms with van der Waals surface area (Å²) in [4.78, 5) is 44.7. The number of amides is 1. The van der Waals surface area contributed by atoms with Gasteiger partial charge in [0.05, 0.1) is 18.6 Å². The molecule has 6 rings (SSSR count). The number of para-hydroxylation sites is 2. The van der Waals surface area contributed by atoms with Crippen molar-refractivity contribution in [2.75, 3.05) is 16.8 Å². The number of fused-ring (bicyclic) bond motifs is 6. The highest BCUT2D eigenvalue weighted by Crippen LogP contribution is 2.57. The minimum absolute atomic E-state index is 0.175. The van der Waals surface area contributed by atoms with Crippen molar-refractivity contribution in [1.29, 1.82) is 0 Å². The fourth-order valence-electron chi connectivity index (χ4n) is 6.91. The van der Waals surface area contributed by atoms with Gasteiger partial charge in [0.1, 0.15) is 11.5 Å². The van der Waals surface area contributed by atoms with Gasteiger partial charge in [-0.15, -0.1) is 0 Å². The molecule has 4 atom stereocenters. The molecule has 3 aliphatic rings. The van der Waals surface area contributed by atoms with Crippen LogP contribution in [-0.4, -0.2) is 36.4 Å². The molecule has 3 aromatic rings. The summed E-state index contributed by atoms with van der Waals surface area (Å²) in [6.07, 6.45) is 8.32. The number of rotatable bonds is 8. The predicted molar refractivity (Wildman–Crippen MR) is 156 cm³/mol. The molecule has 1 fully saturated rings. The lowest BCUT2D eigenvalue weighted by molar-refractivity contribution is -0.145. The lowest BCUT2D eigenvalue weighted by atomic mass is 9.64. The van der Waals surface area contributed by atoms with Gasteiger partial charge in [-0.1, -0.05) is 92.6 Å². The molecule has 0 aliphatic carbocycles. The number of unbranched alkanes of at least 4 members (excludes halogenated alkanes) is 2. The number of hydrogen-bond donors (Lipinski definition) is 1. The third kappa shape index (κ3) is 3.88. The number of esters is 1. The maximum atomic E-state index is 14.7. The highest BCUT2D eigenvalue weighted by molar-refractivity contribution is 6.16. The maximum Gasteiger partial charge on any atom is 0.329 e. The third-order valence-corrected chi connectivity index (χ3v) is 8.66. The zero-order valence-corrected chi connectivity index (χ0v) is 22.9. The summed E-state index contributed by atoms with van der Waals surface area (Å²) in [7, 11) is 0. The average Bonchev–Trinajstić information content (AvgIpc) is 3.46. The molecular weight excluding hydrogens is 500 g/mol. The van der Waals surface area contributed by atoms with E-state index in [2.05, 4.69) is 12.2 Å². The second kappa shape index (κ2) is 10.4. The Morgan fingerprint density at radius 2 is 1.70 bits per heavy atom. The molecule has 1 spiro atoms. The highest BCUT2D eigenvalue weighted by atomic mass is 16.5. The number of aryl methyl sites for hydroxylation is 1. The Morgan fingerprint density at radius 3 is 2.48 bits per heavy atom. The molecule has 1 N–H and O–H groups in total. The smallest absolute Gasteiger partial charge is 0.329 e. The number of ether oxygens (including phenoxy) is 1. The average molecular weight is 535 g/mol. The zero-order valence-electron chi connectivity index (χ0n) is 22.9. The maximum absolute atomic E-state index is 14.7. The monoisotopic (exact) mass is 534 g/mol. The lowest BCUT2D eigenvalue weighted by Crippen LogP contribution is -2.51. The van der Waals surface area contributed by atoms with Crippen molar-refractivity contribution in [2.45, 2.75) is 57.0 Å². The first kappa shape index (κ1) is 26.1. The van der Waals surface area contributed by atoms with E-state index in [1.165, 1.54) is 5.56 Å². The van der Waals surface area contributed by atoms with Gasteiger partial charge in [-0.05, 0) is 48.6 Å². The number of nitrogens with zero attached hydrogens (tertiary/aromatic N) is 1. The van der Waals surface area contributed by atoms with Crippen LogP contribution in [0.15, 0.2) is 78.9 Å². The van der Waals surface area contributed by atoms with Crippen LogP contribution < -0.4 is 10.2 Å². The quantitative estimate of drug-likeness (QED) is 0.219. The summed E-state index contributed by atoms with van der Waals surface area (Å²) in [6.45, 7) is 4.11. The second-order valence-electron chi connectivity index (χ2n) is 10.8. The van der Waals surface area contributed by atoms with Crippen LogP contribution in [0.2, 0.25) is 0 Å². The number of benzene rings is 3. The molecule has 3 aliphatic heterocycles. The van der Waals surface area contributed by atoms with Gasteiger partial charge in [0.15, 0.2) is 5.78 Å². The van der Waals surface area contributed by atoms with E-state index < -0.39 is 29.4 Å². The Hall–Kier alpha value is -4.19. The Balaban J connectivity index is 1.53. The fraction of sp³-hybridized carbons (Fsp3) is 0.324. The first-order chi connectivity index (χ1) is 19.5. The van der Waals surface area contributed by atoms with E-state index in [9.17, 15) is 14.4 Å². The number of carbonyl (C=O) groups is 3. The van der Waals surface area contributed by atoms with E-state index in [4.69, 9.17) is 4.74 Å². The molecule has 0 unspecified atom stereocenters. The summed E-state index contributed by atoms with van der Waals surface area (Å²) in [6, 6.07) is 21.5. The van der Waals surface area contributed by atoms with Gasteiger partial charge in [-0.25, -0.2) is 4.79 Å². The summed E-state index contributed by atoms with van der Waals surface area (Å²) in [5.41, 5.74) is 3.51. The molecule has 0 bridgehead atoms. The standard InChI is InChI=1S/C34H34N2O4/c1-3-5-6-11-22-16-18-24(19-17-22)31(37)29-30(32(38)40-4-2)36-27-15-10-7-12-23(27)20-21-28(36)34(29)25-13-8-9-14-26(25)35-33(34)39/h7-10,12-21,28-30H,3-6,11H2,1-2H3,(H,35,39)/t28-,29-,30+,34+/m0/s1. The van der Waals surface area contributed by atoms with Crippen molar-refractivity contribution in [3.05, 3.63) is 101 Å². The summed E-state index contributed by atoms with van der Waals surface area (Å²) >= 11 is 0. The van der Waals surface area contributed by atoms with Gasteiger partial charge in [-0.2, -0.15) is 0 Å². The molecule has 40 heavy (non-hydrogen) atoms. The fourth-order valence-corrected chi connectivity index (χ4v) is 6.91. The van der Waals surface area contributed by atoms with Crippen LogP contribution in [0.1, 0.15) is 60.2 Å². The number of ketones is 1. The third-order valence-electron chi connectivity index (χ3n) is 8.66. The largest absolute Gasteiger partial charge is 0.464 e. The predicted octanol–water partition coefficient (Wildman–Crippen LogP) is 5.96. The Kier molecular flexibility index (Phi) is 6.78. The minimum atomic E-state index is -1.31. The van der Waals surface area contributed by atoms with Crippen molar-refractivity contribution >= 4 is 35.1 Å². The molecule has 0 aromatic heterocycles. The molecule has 1 saturated heterocycles. The number of anilines is 2. The molecule has 6 nitrogen and oxygen atoms in total. The molecule has 1 amide bonds. The van der Waals surface area contributed by atoms with Gasteiger partial charge in [-0.3, -0.25) is 9.59 Å². The molecule has 3 aromatic carbocycles. The number of hydrogen-bond acceptors (Lipinski definition) is 5. The van der Waals surface area contributed by atoms with E-state index in [1.54, 1.807) is 6.92 Å². The van der Waals surface area contributed by atoms with Crippen LogP contribution in [0.3, 0.4) is 0 Å². The van der Waals surface area contributed by atoms with E-state index in [0.29, 0.717) is 11.3 Å². The van der Waals surface area contributed by atoms with E-state index in [1.807, 2.05) is 89.8 Å². The van der Waals surface area contributed by atoms with E-state index >= 15 is 0 Å². The van der Waals surface area contributed by atoms with Crippen LogP contribution in [0.5, 0.6) is 0 Å². The van der Waals surface area contributed by atoms with Gasteiger partial charge in [0.2, 0.25) is 5.91 Å². The summed E-state index contributed by atoms with van der Waals surface area (Å²) < 4.78 is 5.62. The van der Waals surface area contributed by atoms with E-state index in [-0.39, 0.29) is 18.3 Å². The highest BCUT2D eigenvalue weighted by Gasteiger charge is 2.70. The van der Waals surface area contributed by atoms with Crippen LogP contribution >= 0.6 is 0 Å². The van der Waals surface area contributed by atoms with Gasteiger partial charge >= 0.3 is 5.97 Å². The minimum Gasteiger partial charge on any atom is -0.464 e. The summed E-state index contributed by atoms with van der Waals surface area (Å²) in [5, 5.41) is 3.05. The van der Waals surface area contributed by atoms with Gasteiger partial charge < -0.3 is 15.0 Å². The Bertz CT molecular complexity index is 1490. The normalized spacial score (nSPS) is 23.9. The lowest BCUT2D eigenvalue weighted by Gasteiger charge is -2.37. The van der Waals surface area contributed by atoms with Crippen LogP contribution in [0.25, 0.3) is 6.08 Å². The summed E-state index contributed by atoms with van der Waals surface area (Å²) in [5.74, 6) is -2.00. The van der Waals surface area contributed by atoms with Crippen LogP contribution in [0, 0.1) is 5.92 Å². The van der Waals surface area contributed by atoms with Crippen molar-refractivity contribution in [2.24, 2.45) is 5.92 Å². The Labute approximate surface area is 235 Å². The van der Waals surface area contributed by atoms with Gasteiger partial charge in [0.25, 0.3) is 0 Å².